The SMILES string of the molecule is CC(=O)C1(CC(CC(=O)NC(C)C)C(=O)OCc2ccc(Cl)cc2)CCCC1. The number of hydrogen-bond acceptors (Lipinski definition) is 4. The minimum atomic E-state index is -0.631. The molecule has 1 aliphatic rings. The van der Waals surface area contributed by atoms with Gasteiger partial charge in [-0.25, -0.2) is 0 Å². The third-order valence-electron chi connectivity index (χ3n) is 5.45. The highest BCUT2D eigenvalue weighted by Crippen LogP contribution is 2.44. The number of ether oxygens (including phenoxy) is 1. The number of carbonyl (C=O) groups excluding carboxylic acids is 3. The Morgan fingerprint density at radius 2 is 1.75 bits per heavy atom. The minimum absolute atomic E-state index is 0.00788. The van der Waals surface area contributed by atoms with E-state index in [4.69, 9.17) is 16.3 Å². The Morgan fingerprint density at radius 3 is 2.29 bits per heavy atom. The zero-order valence-corrected chi connectivity index (χ0v) is 17.7. The van der Waals surface area contributed by atoms with E-state index in [0.29, 0.717) is 11.4 Å². The van der Waals surface area contributed by atoms with Crippen LogP contribution in [0.3, 0.4) is 0 Å². The highest BCUT2D eigenvalue weighted by atomic mass is 35.5. The molecule has 28 heavy (non-hydrogen) atoms. The summed E-state index contributed by atoms with van der Waals surface area (Å²) in [5.41, 5.74) is 0.312. The molecule has 0 spiro atoms. The van der Waals surface area contributed by atoms with Crippen LogP contribution in [-0.2, 0) is 25.7 Å². The van der Waals surface area contributed by atoms with Crippen LogP contribution in [0.4, 0.5) is 0 Å². The number of halogens is 1. The second-order valence-corrected chi connectivity index (χ2v) is 8.54. The summed E-state index contributed by atoms with van der Waals surface area (Å²) in [6.45, 7) is 5.46. The molecule has 1 saturated carbocycles. The summed E-state index contributed by atoms with van der Waals surface area (Å²) in [6.07, 6.45) is 3.90. The lowest BCUT2D eigenvalue weighted by Gasteiger charge is -2.29. The van der Waals surface area contributed by atoms with Crippen LogP contribution in [0.5, 0.6) is 0 Å². The standard InChI is InChI=1S/C22H30ClNO4/c1-15(2)24-20(26)12-18(13-22(16(3)25)10-4-5-11-22)21(27)28-14-17-6-8-19(23)9-7-17/h6-9,15,18H,4-5,10-14H2,1-3H3,(H,24,26). The third-order valence-corrected chi connectivity index (χ3v) is 5.71. The monoisotopic (exact) mass is 407 g/mol. The summed E-state index contributed by atoms with van der Waals surface area (Å²) in [6, 6.07) is 7.06. The normalized spacial score (nSPS) is 16.6. The molecule has 5 nitrogen and oxygen atoms in total. The van der Waals surface area contributed by atoms with Gasteiger partial charge < -0.3 is 10.1 Å². The molecule has 1 atom stereocenters. The average Bonchev–Trinajstić information content (AvgIpc) is 3.10. The van der Waals surface area contributed by atoms with Crippen molar-refractivity contribution in [3.8, 4) is 0 Å². The van der Waals surface area contributed by atoms with Crippen LogP contribution >= 0.6 is 11.6 Å². The van der Waals surface area contributed by atoms with Crippen molar-refractivity contribution in [2.24, 2.45) is 11.3 Å². The van der Waals surface area contributed by atoms with Gasteiger partial charge in [-0.1, -0.05) is 36.6 Å². The summed E-state index contributed by atoms with van der Waals surface area (Å²) >= 11 is 5.88. The molecule has 0 aromatic heterocycles. The second kappa shape index (κ2) is 10.1. The molecule has 0 saturated heterocycles. The van der Waals surface area contributed by atoms with Gasteiger partial charge in [-0.05, 0) is 57.7 Å². The number of hydrogen-bond donors (Lipinski definition) is 1. The molecule has 0 aliphatic heterocycles. The molecular formula is C22H30ClNO4. The quantitative estimate of drug-likeness (QED) is 0.613. The van der Waals surface area contributed by atoms with E-state index in [1.807, 2.05) is 13.8 Å². The van der Waals surface area contributed by atoms with Gasteiger partial charge in [-0.15, -0.1) is 0 Å². The van der Waals surface area contributed by atoms with E-state index in [9.17, 15) is 14.4 Å². The molecule has 0 bridgehead atoms. The van der Waals surface area contributed by atoms with Crippen molar-refractivity contribution in [1.82, 2.24) is 5.32 Å². The summed E-state index contributed by atoms with van der Waals surface area (Å²) in [7, 11) is 0. The van der Waals surface area contributed by atoms with Gasteiger partial charge >= 0.3 is 5.97 Å². The van der Waals surface area contributed by atoms with Crippen molar-refractivity contribution in [1.29, 1.82) is 0 Å². The first-order valence-corrected chi connectivity index (χ1v) is 10.3. The van der Waals surface area contributed by atoms with Crippen LogP contribution in [0.15, 0.2) is 24.3 Å². The number of esters is 1. The summed E-state index contributed by atoms with van der Waals surface area (Å²) in [5, 5.41) is 3.44. The number of benzene rings is 1. The smallest absolute Gasteiger partial charge is 0.309 e. The molecule has 1 amide bonds. The van der Waals surface area contributed by atoms with E-state index in [0.717, 1.165) is 31.2 Å². The fraction of sp³-hybridized carbons (Fsp3) is 0.591. The van der Waals surface area contributed by atoms with Gasteiger partial charge in [0.2, 0.25) is 5.91 Å². The Kier molecular flexibility index (Phi) is 8.05. The number of amides is 1. The summed E-state index contributed by atoms with van der Waals surface area (Å²) in [5.74, 6) is -1.15. The van der Waals surface area contributed by atoms with Gasteiger partial charge in [-0.2, -0.15) is 0 Å². The highest BCUT2D eigenvalue weighted by molar-refractivity contribution is 6.30. The van der Waals surface area contributed by atoms with Crippen LogP contribution in [0.2, 0.25) is 5.02 Å². The average molecular weight is 408 g/mol. The first kappa shape index (κ1) is 22.4. The van der Waals surface area contributed by atoms with E-state index >= 15 is 0 Å². The molecule has 6 heteroatoms. The molecule has 154 valence electrons. The van der Waals surface area contributed by atoms with Crippen molar-refractivity contribution in [2.75, 3.05) is 0 Å². The van der Waals surface area contributed by atoms with Crippen LogP contribution in [0.1, 0.15) is 64.9 Å². The fourth-order valence-corrected chi connectivity index (χ4v) is 4.05. The Bertz CT molecular complexity index is 693. The summed E-state index contributed by atoms with van der Waals surface area (Å²) < 4.78 is 5.50. The van der Waals surface area contributed by atoms with Gasteiger partial charge in [0.25, 0.3) is 0 Å². The topological polar surface area (TPSA) is 72.5 Å². The molecule has 0 heterocycles. The molecule has 1 aromatic rings. The van der Waals surface area contributed by atoms with Crippen molar-refractivity contribution in [2.45, 2.75) is 71.9 Å². The lowest BCUT2D eigenvalue weighted by molar-refractivity contribution is -0.153. The molecule has 2 rings (SSSR count). The predicted octanol–water partition coefficient (Wildman–Crippen LogP) is 4.45. The third kappa shape index (κ3) is 6.33. The van der Waals surface area contributed by atoms with Crippen molar-refractivity contribution in [3.63, 3.8) is 0 Å². The van der Waals surface area contributed by atoms with Crippen LogP contribution < -0.4 is 5.32 Å². The van der Waals surface area contributed by atoms with Gasteiger partial charge in [-0.3, -0.25) is 14.4 Å². The highest BCUT2D eigenvalue weighted by Gasteiger charge is 2.42. The fourth-order valence-electron chi connectivity index (χ4n) is 3.92. The molecule has 1 N–H and O–H groups in total. The lowest BCUT2D eigenvalue weighted by atomic mass is 9.74. The minimum Gasteiger partial charge on any atom is -0.461 e. The molecule has 0 radical (unpaired) electrons. The molecule has 1 unspecified atom stereocenters. The zero-order valence-electron chi connectivity index (χ0n) is 16.9. The molecule has 1 fully saturated rings. The van der Waals surface area contributed by atoms with E-state index in [1.165, 1.54) is 0 Å². The molecule has 1 aromatic carbocycles. The first-order valence-electron chi connectivity index (χ1n) is 9.93. The van der Waals surface area contributed by atoms with Crippen molar-refractivity contribution in [3.05, 3.63) is 34.9 Å². The van der Waals surface area contributed by atoms with Crippen LogP contribution in [0, 0.1) is 11.3 Å². The maximum absolute atomic E-state index is 12.8. The number of nitrogens with one attached hydrogen (secondary N) is 1. The van der Waals surface area contributed by atoms with E-state index in [-0.39, 0.29) is 30.8 Å². The van der Waals surface area contributed by atoms with E-state index in [1.54, 1.807) is 31.2 Å². The van der Waals surface area contributed by atoms with E-state index < -0.39 is 17.3 Å². The van der Waals surface area contributed by atoms with Crippen LogP contribution in [-0.4, -0.2) is 23.7 Å². The van der Waals surface area contributed by atoms with Gasteiger partial charge in [0, 0.05) is 22.9 Å². The van der Waals surface area contributed by atoms with Crippen molar-refractivity contribution >= 4 is 29.3 Å². The maximum atomic E-state index is 12.8. The van der Waals surface area contributed by atoms with Gasteiger partial charge in [0.15, 0.2) is 0 Å². The first-order chi connectivity index (χ1) is 13.2. The molecule has 1 aliphatic carbocycles. The largest absolute Gasteiger partial charge is 0.461 e. The number of ketones is 1. The lowest BCUT2D eigenvalue weighted by Crippen LogP contribution is -2.37. The number of Topliss-reactive ketones (excluding diaryl/α,β-unsaturated/α-hetero) is 1. The predicted molar refractivity (Wildman–Crippen MR) is 109 cm³/mol. The maximum Gasteiger partial charge on any atom is 0.309 e. The number of carbonyl (C=O) groups is 3. The molecular weight excluding hydrogens is 378 g/mol. The Hall–Kier alpha value is -1.88. The Labute approximate surface area is 172 Å². The second-order valence-electron chi connectivity index (χ2n) is 8.11. The van der Waals surface area contributed by atoms with Crippen molar-refractivity contribution < 1.29 is 19.1 Å². The number of rotatable bonds is 9. The van der Waals surface area contributed by atoms with E-state index in [2.05, 4.69) is 5.32 Å². The van der Waals surface area contributed by atoms with Crippen LogP contribution in [0.25, 0.3) is 0 Å². The Morgan fingerprint density at radius 1 is 1.14 bits per heavy atom. The Balaban J connectivity index is 2.09. The van der Waals surface area contributed by atoms with Gasteiger partial charge in [0.05, 0.1) is 5.92 Å². The van der Waals surface area contributed by atoms with Gasteiger partial charge in [0.1, 0.15) is 12.4 Å². The summed E-state index contributed by atoms with van der Waals surface area (Å²) in [4.78, 5) is 37.5. The zero-order chi connectivity index (χ0) is 20.7.